The standard InChI is InChI=1S/C21H19N3O4/c25-20-11-16(12-22-24(20)13-14-4-2-1-3-5-14)23-18-8-9-28-19-7-6-15(21(26)27)10-17(18)19/h1-7,10-12,18,23H,8-9,13H2,(H,26,27). The lowest BCUT2D eigenvalue weighted by Crippen LogP contribution is -2.25. The van der Waals surface area contributed by atoms with Gasteiger partial charge in [0.25, 0.3) is 5.56 Å². The van der Waals surface area contributed by atoms with Gasteiger partial charge < -0.3 is 15.2 Å². The minimum atomic E-state index is -0.989. The third-order valence-corrected chi connectivity index (χ3v) is 4.68. The summed E-state index contributed by atoms with van der Waals surface area (Å²) in [4.78, 5) is 23.7. The van der Waals surface area contributed by atoms with Crippen molar-refractivity contribution in [2.75, 3.05) is 11.9 Å². The molecule has 1 aromatic heterocycles. The van der Waals surface area contributed by atoms with Gasteiger partial charge in [-0.3, -0.25) is 4.79 Å². The first-order valence-corrected chi connectivity index (χ1v) is 8.98. The lowest BCUT2D eigenvalue weighted by Gasteiger charge is -2.27. The van der Waals surface area contributed by atoms with Gasteiger partial charge in [-0.25, -0.2) is 9.48 Å². The molecular formula is C21H19N3O4. The van der Waals surface area contributed by atoms with Crippen molar-refractivity contribution in [2.45, 2.75) is 19.0 Å². The minimum Gasteiger partial charge on any atom is -0.493 e. The SMILES string of the molecule is O=C(O)c1ccc2c(c1)C(Nc1cnn(Cc3ccccc3)c(=O)c1)CCO2. The zero-order valence-electron chi connectivity index (χ0n) is 15.0. The Morgan fingerprint density at radius 2 is 2.04 bits per heavy atom. The Morgan fingerprint density at radius 1 is 1.21 bits per heavy atom. The molecule has 7 nitrogen and oxygen atoms in total. The molecule has 0 saturated heterocycles. The van der Waals surface area contributed by atoms with Crippen LogP contribution in [0.3, 0.4) is 0 Å². The Balaban J connectivity index is 1.56. The molecule has 1 aliphatic rings. The largest absolute Gasteiger partial charge is 0.493 e. The molecule has 3 aromatic rings. The number of hydrogen-bond acceptors (Lipinski definition) is 5. The summed E-state index contributed by atoms with van der Waals surface area (Å²) in [6.07, 6.45) is 2.27. The molecule has 2 aromatic carbocycles. The van der Waals surface area contributed by atoms with Crippen LogP contribution in [0.2, 0.25) is 0 Å². The maximum Gasteiger partial charge on any atom is 0.335 e. The third kappa shape index (κ3) is 3.73. The van der Waals surface area contributed by atoms with E-state index in [1.165, 1.54) is 16.8 Å². The molecule has 0 bridgehead atoms. The molecule has 0 fully saturated rings. The van der Waals surface area contributed by atoms with Crippen LogP contribution >= 0.6 is 0 Å². The van der Waals surface area contributed by atoms with Crippen molar-refractivity contribution >= 4 is 11.7 Å². The maximum absolute atomic E-state index is 12.4. The van der Waals surface area contributed by atoms with Gasteiger partial charge in [0.05, 0.1) is 36.6 Å². The number of hydrogen-bond donors (Lipinski definition) is 2. The van der Waals surface area contributed by atoms with Crippen molar-refractivity contribution in [1.29, 1.82) is 0 Å². The van der Waals surface area contributed by atoms with E-state index in [-0.39, 0.29) is 17.2 Å². The number of carbonyl (C=O) groups is 1. The van der Waals surface area contributed by atoms with Crippen molar-refractivity contribution in [3.8, 4) is 5.75 Å². The number of aromatic carboxylic acids is 1. The van der Waals surface area contributed by atoms with E-state index in [2.05, 4.69) is 10.4 Å². The quantitative estimate of drug-likeness (QED) is 0.710. The van der Waals surface area contributed by atoms with Crippen molar-refractivity contribution in [2.24, 2.45) is 0 Å². The third-order valence-electron chi connectivity index (χ3n) is 4.68. The lowest BCUT2D eigenvalue weighted by atomic mass is 9.98. The number of carboxylic acids is 1. The maximum atomic E-state index is 12.4. The van der Waals surface area contributed by atoms with E-state index in [0.29, 0.717) is 31.0 Å². The van der Waals surface area contributed by atoms with Crippen LogP contribution in [0.5, 0.6) is 5.75 Å². The normalized spacial score (nSPS) is 15.4. The molecule has 1 aliphatic heterocycles. The number of ether oxygens (including phenoxy) is 1. The predicted molar refractivity (Wildman–Crippen MR) is 104 cm³/mol. The second-order valence-electron chi connectivity index (χ2n) is 6.62. The highest BCUT2D eigenvalue weighted by atomic mass is 16.5. The fraction of sp³-hybridized carbons (Fsp3) is 0.190. The van der Waals surface area contributed by atoms with E-state index < -0.39 is 5.97 Å². The van der Waals surface area contributed by atoms with Crippen LogP contribution in [0.15, 0.2) is 65.6 Å². The molecule has 2 heterocycles. The first kappa shape index (κ1) is 17.8. The molecule has 7 heteroatoms. The van der Waals surface area contributed by atoms with Gasteiger partial charge in [-0.05, 0) is 23.8 Å². The predicted octanol–water partition coefficient (Wildman–Crippen LogP) is 2.93. The van der Waals surface area contributed by atoms with Gasteiger partial charge in [0.15, 0.2) is 0 Å². The number of nitrogens with one attached hydrogen (secondary N) is 1. The fourth-order valence-electron chi connectivity index (χ4n) is 3.27. The van der Waals surface area contributed by atoms with E-state index >= 15 is 0 Å². The fourth-order valence-corrected chi connectivity index (χ4v) is 3.27. The van der Waals surface area contributed by atoms with E-state index in [1.54, 1.807) is 18.3 Å². The zero-order valence-corrected chi connectivity index (χ0v) is 15.0. The summed E-state index contributed by atoms with van der Waals surface area (Å²) in [5, 5.41) is 16.8. The van der Waals surface area contributed by atoms with Gasteiger partial charge >= 0.3 is 5.97 Å². The minimum absolute atomic E-state index is 0.158. The van der Waals surface area contributed by atoms with Crippen LogP contribution in [0.25, 0.3) is 0 Å². The molecule has 2 N–H and O–H groups in total. The average molecular weight is 377 g/mol. The summed E-state index contributed by atoms with van der Waals surface area (Å²) in [5.74, 6) is -0.337. The van der Waals surface area contributed by atoms with Gasteiger partial charge in [0.2, 0.25) is 0 Å². The summed E-state index contributed by atoms with van der Waals surface area (Å²) in [7, 11) is 0. The highest BCUT2D eigenvalue weighted by Gasteiger charge is 2.23. The van der Waals surface area contributed by atoms with Gasteiger partial charge in [-0.2, -0.15) is 5.10 Å². The lowest BCUT2D eigenvalue weighted by molar-refractivity contribution is 0.0696. The number of rotatable bonds is 5. The van der Waals surface area contributed by atoms with Crippen LogP contribution in [0.1, 0.15) is 33.9 Å². The topological polar surface area (TPSA) is 93.5 Å². The molecule has 0 aliphatic carbocycles. The van der Waals surface area contributed by atoms with Crippen LogP contribution in [-0.2, 0) is 6.54 Å². The van der Waals surface area contributed by atoms with E-state index in [9.17, 15) is 14.7 Å². The van der Waals surface area contributed by atoms with Crippen LogP contribution in [0.4, 0.5) is 5.69 Å². The Labute approximate surface area is 161 Å². The molecule has 1 unspecified atom stereocenters. The molecule has 1 atom stereocenters. The van der Waals surface area contributed by atoms with Crippen molar-refractivity contribution in [3.63, 3.8) is 0 Å². The second-order valence-corrected chi connectivity index (χ2v) is 6.62. The monoisotopic (exact) mass is 377 g/mol. The molecule has 142 valence electrons. The number of aromatic nitrogens is 2. The zero-order chi connectivity index (χ0) is 19.5. The van der Waals surface area contributed by atoms with Crippen molar-refractivity contribution in [1.82, 2.24) is 9.78 Å². The number of nitrogens with zero attached hydrogens (tertiary/aromatic N) is 2. The Bertz CT molecular complexity index is 1060. The van der Waals surface area contributed by atoms with E-state index in [4.69, 9.17) is 4.74 Å². The number of anilines is 1. The Morgan fingerprint density at radius 3 is 2.79 bits per heavy atom. The highest BCUT2D eigenvalue weighted by Crippen LogP contribution is 2.34. The molecule has 0 radical (unpaired) electrons. The van der Waals surface area contributed by atoms with Gasteiger partial charge in [0, 0.05) is 18.1 Å². The molecular weight excluding hydrogens is 358 g/mol. The summed E-state index contributed by atoms with van der Waals surface area (Å²) >= 11 is 0. The van der Waals surface area contributed by atoms with Crippen LogP contribution in [0, 0.1) is 0 Å². The summed E-state index contributed by atoms with van der Waals surface area (Å²) in [5.41, 5.74) is 2.35. The van der Waals surface area contributed by atoms with Crippen molar-refractivity contribution < 1.29 is 14.6 Å². The molecule has 28 heavy (non-hydrogen) atoms. The average Bonchev–Trinajstić information content (AvgIpc) is 2.71. The molecule has 0 saturated carbocycles. The van der Waals surface area contributed by atoms with Gasteiger partial charge in [-0.1, -0.05) is 30.3 Å². The van der Waals surface area contributed by atoms with Gasteiger partial charge in [-0.15, -0.1) is 0 Å². The van der Waals surface area contributed by atoms with E-state index in [0.717, 1.165) is 11.1 Å². The summed E-state index contributed by atoms with van der Waals surface area (Å²) in [6, 6.07) is 15.8. The molecule has 4 rings (SSSR count). The summed E-state index contributed by atoms with van der Waals surface area (Å²) < 4.78 is 7.02. The first-order valence-electron chi connectivity index (χ1n) is 8.98. The second kappa shape index (κ2) is 7.56. The molecule has 0 spiro atoms. The molecule has 0 amide bonds. The Kier molecular flexibility index (Phi) is 4.80. The smallest absolute Gasteiger partial charge is 0.335 e. The van der Waals surface area contributed by atoms with Crippen molar-refractivity contribution in [3.05, 3.63) is 87.8 Å². The van der Waals surface area contributed by atoms with Crippen LogP contribution in [-0.4, -0.2) is 27.5 Å². The van der Waals surface area contributed by atoms with Gasteiger partial charge in [0.1, 0.15) is 5.75 Å². The summed E-state index contributed by atoms with van der Waals surface area (Å²) in [6.45, 7) is 0.914. The van der Waals surface area contributed by atoms with E-state index in [1.807, 2.05) is 30.3 Å². The highest BCUT2D eigenvalue weighted by molar-refractivity contribution is 5.88. The number of carboxylic acid groups (broad SMARTS) is 1. The Hall–Kier alpha value is -3.61. The van der Waals surface area contributed by atoms with Crippen LogP contribution < -0.4 is 15.6 Å². The number of benzene rings is 2. The number of fused-ring (bicyclic) bond motifs is 1. The first-order chi connectivity index (χ1) is 13.6.